The number of aliphatic imine (C=N–C) groups is 1. The van der Waals surface area contributed by atoms with Crippen LogP contribution in [0.25, 0.3) is 5.57 Å². The van der Waals surface area contributed by atoms with E-state index < -0.39 is 15.6 Å². The number of alkyl halides is 3. The largest absolute Gasteiger partial charge is 0.534 e. The van der Waals surface area contributed by atoms with E-state index in [4.69, 9.17) is 9.47 Å². The number of halogens is 3. The van der Waals surface area contributed by atoms with Crippen molar-refractivity contribution in [3.63, 3.8) is 0 Å². The molecule has 27 heavy (non-hydrogen) atoms. The average molecular weight is 405 g/mol. The minimum Gasteiger partial charge on any atom is -0.454 e. The van der Waals surface area contributed by atoms with Crippen LogP contribution in [-0.2, 0) is 20.7 Å². The van der Waals surface area contributed by atoms with Gasteiger partial charge in [-0.2, -0.15) is 21.6 Å². The Bertz CT molecular complexity index is 919. The molecular weight excluding hydrogens is 387 g/mol. The van der Waals surface area contributed by atoms with Crippen molar-refractivity contribution in [2.24, 2.45) is 4.99 Å². The minimum atomic E-state index is -5.76. The smallest absolute Gasteiger partial charge is 0.454 e. The fourth-order valence-electron chi connectivity index (χ4n) is 3.13. The number of benzene rings is 1. The third kappa shape index (κ3) is 3.62. The Morgan fingerprint density at radius 3 is 2.44 bits per heavy atom. The molecule has 0 aromatic heterocycles. The van der Waals surface area contributed by atoms with Gasteiger partial charge in [0.2, 0.25) is 6.79 Å². The first-order valence-corrected chi connectivity index (χ1v) is 9.71. The molecule has 0 atom stereocenters. The molecule has 1 aromatic carbocycles. The molecule has 0 bridgehead atoms. The van der Waals surface area contributed by atoms with Crippen LogP contribution >= 0.6 is 0 Å². The van der Waals surface area contributed by atoms with Crippen molar-refractivity contribution in [2.75, 3.05) is 13.8 Å². The van der Waals surface area contributed by atoms with E-state index in [0.717, 1.165) is 12.0 Å². The molecule has 3 rings (SSSR count). The van der Waals surface area contributed by atoms with Gasteiger partial charge >= 0.3 is 15.6 Å². The minimum absolute atomic E-state index is 0.0112. The lowest BCUT2D eigenvalue weighted by Gasteiger charge is -2.15. The van der Waals surface area contributed by atoms with Gasteiger partial charge < -0.3 is 13.7 Å². The zero-order chi connectivity index (χ0) is 19.8. The van der Waals surface area contributed by atoms with Gasteiger partial charge in [0.15, 0.2) is 11.5 Å². The second-order valence-corrected chi connectivity index (χ2v) is 7.60. The van der Waals surface area contributed by atoms with Crippen LogP contribution in [0.5, 0.6) is 11.5 Å². The van der Waals surface area contributed by atoms with Gasteiger partial charge in [-0.1, -0.05) is 13.3 Å². The van der Waals surface area contributed by atoms with Gasteiger partial charge in [0.1, 0.15) is 5.76 Å². The molecule has 0 amide bonds. The molecule has 0 radical (unpaired) electrons. The molecule has 6 nitrogen and oxygen atoms in total. The fraction of sp³-hybridized carbons (Fsp3) is 0.471. The summed E-state index contributed by atoms with van der Waals surface area (Å²) in [5.74, 6) is 0.725. The van der Waals surface area contributed by atoms with Crippen LogP contribution in [0.2, 0.25) is 0 Å². The molecule has 10 heteroatoms. The number of fused-ring (bicyclic) bond motifs is 1. The topological polar surface area (TPSA) is 74.2 Å². The number of hydrogen-bond donors (Lipinski definition) is 0. The molecule has 2 aliphatic rings. The summed E-state index contributed by atoms with van der Waals surface area (Å²) < 4.78 is 76.6. The summed E-state index contributed by atoms with van der Waals surface area (Å²) in [7, 11) is -4.26. The highest BCUT2D eigenvalue weighted by atomic mass is 32.2. The van der Waals surface area contributed by atoms with Crippen molar-refractivity contribution in [2.45, 2.75) is 38.1 Å². The fourth-order valence-corrected chi connectivity index (χ4v) is 3.65. The summed E-state index contributed by atoms with van der Waals surface area (Å²) in [6, 6.07) is 3.40. The number of rotatable bonds is 5. The zero-order valence-electron chi connectivity index (χ0n) is 14.7. The Kier molecular flexibility index (Phi) is 5.11. The molecule has 0 unspecified atom stereocenters. The van der Waals surface area contributed by atoms with Crippen molar-refractivity contribution in [1.29, 1.82) is 0 Å². The molecule has 1 aliphatic heterocycles. The lowest BCUT2D eigenvalue weighted by molar-refractivity contribution is -0.0522. The summed E-state index contributed by atoms with van der Waals surface area (Å²) in [5, 5.41) is 0. The summed E-state index contributed by atoms with van der Waals surface area (Å²) >= 11 is 0. The lowest BCUT2D eigenvalue weighted by Crippen LogP contribution is -2.25. The van der Waals surface area contributed by atoms with Crippen LogP contribution in [0, 0.1) is 0 Å². The van der Waals surface area contributed by atoms with Gasteiger partial charge in [0.05, 0.1) is 0 Å². The highest BCUT2D eigenvalue weighted by Gasteiger charge is 2.49. The van der Waals surface area contributed by atoms with Crippen molar-refractivity contribution in [3.8, 4) is 11.5 Å². The van der Waals surface area contributed by atoms with E-state index in [-0.39, 0.29) is 31.0 Å². The number of allylic oxidation sites excluding steroid dienone is 2. The Labute approximate surface area is 154 Å². The number of aryl methyl sites for hydroxylation is 1. The molecule has 148 valence electrons. The van der Waals surface area contributed by atoms with Gasteiger partial charge in [-0.25, -0.2) is 0 Å². The summed E-state index contributed by atoms with van der Waals surface area (Å²) in [6.45, 7) is 2.00. The third-order valence-electron chi connectivity index (χ3n) is 4.31. The SMILES string of the molecule is CCCc1cc2c(cc1C1=C(OS(=O)(=O)C(F)(F)F)CCC1=NC)OCO2. The van der Waals surface area contributed by atoms with E-state index in [1.165, 1.54) is 7.05 Å². The summed E-state index contributed by atoms with van der Waals surface area (Å²) in [4.78, 5) is 4.11. The van der Waals surface area contributed by atoms with Crippen LogP contribution in [0.4, 0.5) is 13.2 Å². The van der Waals surface area contributed by atoms with Crippen molar-refractivity contribution < 1.29 is 35.2 Å². The predicted molar refractivity (Wildman–Crippen MR) is 92.1 cm³/mol. The first-order valence-electron chi connectivity index (χ1n) is 8.30. The van der Waals surface area contributed by atoms with Crippen molar-refractivity contribution in [1.82, 2.24) is 0 Å². The van der Waals surface area contributed by atoms with E-state index in [1.54, 1.807) is 12.1 Å². The number of nitrogens with zero attached hydrogens (tertiary/aromatic N) is 1. The molecule has 0 fully saturated rings. The van der Waals surface area contributed by atoms with Crippen LogP contribution in [0.1, 0.15) is 37.3 Å². The van der Waals surface area contributed by atoms with Gasteiger partial charge in [-0.3, -0.25) is 4.99 Å². The second-order valence-electron chi connectivity index (χ2n) is 6.06. The molecule has 0 N–H and O–H groups in total. The van der Waals surface area contributed by atoms with E-state index in [9.17, 15) is 21.6 Å². The third-order valence-corrected chi connectivity index (χ3v) is 5.29. The number of ether oxygens (including phenoxy) is 2. The second kappa shape index (κ2) is 7.06. The van der Waals surface area contributed by atoms with Gasteiger partial charge in [-0.05, 0) is 36.1 Å². The highest BCUT2D eigenvalue weighted by Crippen LogP contribution is 2.43. The van der Waals surface area contributed by atoms with E-state index in [1.807, 2.05) is 6.92 Å². The van der Waals surface area contributed by atoms with E-state index in [0.29, 0.717) is 29.2 Å². The molecule has 0 saturated carbocycles. The average Bonchev–Trinajstić information content (AvgIpc) is 3.19. The molecule has 0 spiro atoms. The highest BCUT2D eigenvalue weighted by molar-refractivity contribution is 7.87. The quantitative estimate of drug-likeness (QED) is 0.550. The van der Waals surface area contributed by atoms with Crippen LogP contribution in [0.15, 0.2) is 22.9 Å². The monoisotopic (exact) mass is 405 g/mol. The maximum absolute atomic E-state index is 12.8. The Hall–Kier alpha value is -2.23. The van der Waals surface area contributed by atoms with Crippen LogP contribution < -0.4 is 9.47 Å². The predicted octanol–water partition coefficient (Wildman–Crippen LogP) is 3.81. The van der Waals surface area contributed by atoms with Crippen molar-refractivity contribution >= 4 is 21.4 Å². The maximum atomic E-state index is 12.8. The first-order chi connectivity index (χ1) is 12.7. The summed E-state index contributed by atoms with van der Waals surface area (Å²) in [6.07, 6.45) is 1.69. The Morgan fingerprint density at radius 2 is 1.85 bits per heavy atom. The van der Waals surface area contributed by atoms with E-state index in [2.05, 4.69) is 9.18 Å². The van der Waals surface area contributed by atoms with Gasteiger partial charge in [-0.15, -0.1) is 0 Å². The van der Waals surface area contributed by atoms with Crippen LogP contribution in [0.3, 0.4) is 0 Å². The number of hydrogen-bond acceptors (Lipinski definition) is 6. The normalized spacial score (nSPS) is 18.5. The maximum Gasteiger partial charge on any atom is 0.534 e. The molecule has 1 aliphatic carbocycles. The van der Waals surface area contributed by atoms with Crippen molar-refractivity contribution in [3.05, 3.63) is 29.0 Å². The zero-order valence-corrected chi connectivity index (χ0v) is 15.5. The molecular formula is C17H18F3NO5S. The van der Waals surface area contributed by atoms with Gasteiger partial charge in [0, 0.05) is 24.8 Å². The Morgan fingerprint density at radius 1 is 1.19 bits per heavy atom. The van der Waals surface area contributed by atoms with Gasteiger partial charge in [0.25, 0.3) is 0 Å². The standard InChI is InChI=1S/C17H18F3NO5S/c1-3-4-10-7-14-15(25-9-24-14)8-11(10)16-12(21-2)5-6-13(16)26-27(22,23)17(18,19)20/h7-8H,3-6,9H2,1-2H3. The molecule has 0 saturated heterocycles. The first kappa shape index (κ1) is 19.5. The Balaban J connectivity index is 2.16. The van der Waals surface area contributed by atoms with Crippen LogP contribution in [-0.4, -0.2) is 33.5 Å². The summed E-state index contributed by atoms with van der Waals surface area (Å²) in [5.41, 5.74) is -3.40. The van der Waals surface area contributed by atoms with E-state index >= 15 is 0 Å². The lowest BCUT2D eigenvalue weighted by atomic mass is 9.94. The molecule has 1 aromatic rings. The molecule has 1 heterocycles.